The van der Waals surface area contributed by atoms with Crippen molar-refractivity contribution in [2.24, 2.45) is 0 Å². The molecule has 1 aliphatic rings. The first-order valence-electron chi connectivity index (χ1n) is 3.78. The average molecular weight is 145 g/mol. The lowest BCUT2D eigenvalue weighted by Crippen LogP contribution is -2.17. The predicted octanol–water partition coefficient (Wildman–Crippen LogP) is 1.84. The Morgan fingerprint density at radius 3 is 3.11 bits per heavy atom. The number of thioether (sulfide) groups is 1. The molecule has 1 aliphatic heterocycles. The number of nitrogens with one attached hydrogen (secondary N) is 1. The minimum absolute atomic E-state index is 0.782. The van der Waals surface area contributed by atoms with Gasteiger partial charge in [-0.3, -0.25) is 0 Å². The zero-order valence-electron chi connectivity index (χ0n) is 6.02. The van der Waals surface area contributed by atoms with Crippen LogP contribution in [0.1, 0.15) is 26.2 Å². The van der Waals surface area contributed by atoms with E-state index in [1.807, 2.05) is 0 Å². The molecule has 0 spiro atoms. The van der Waals surface area contributed by atoms with E-state index >= 15 is 0 Å². The lowest BCUT2D eigenvalue weighted by molar-refractivity contribution is 0.804. The van der Waals surface area contributed by atoms with Crippen molar-refractivity contribution in [2.45, 2.75) is 31.6 Å². The van der Waals surface area contributed by atoms with Gasteiger partial charge in [0.05, 0.1) is 5.37 Å². The van der Waals surface area contributed by atoms with Crippen molar-refractivity contribution >= 4 is 11.8 Å². The van der Waals surface area contributed by atoms with E-state index < -0.39 is 0 Å². The summed E-state index contributed by atoms with van der Waals surface area (Å²) in [5.74, 6) is 1.32. The van der Waals surface area contributed by atoms with Crippen molar-refractivity contribution in [3.8, 4) is 0 Å². The van der Waals surface area contributed by atoms with Gasteiger partial charge in [0.25, 0.3) is 0 Å². The molecule has 9 heavy (non-hydrogen) atoms. The van der Waals surface area contributed by atoms with Gasteiger partial charge in [-0.25, -0.2) is 0 Å². The Hall–Kier alpha value is 0.310. The Morgan fingerprint density at radius 2 is 2.56 bits per heavy atom. The van der Waals surface area contributed by atoms with Gasteiger partial charge in [-0.2, -0.15) is 0 Å². The van der Waals surface area contributed by atoms with Gasteiger partial charge in [-0.1, -0.05) is 6.92 Å². The molecule has 0 saturated carbocycles. The maximum atomic E-state index is 3.45. The molecular weight excluding hydrogens is 130 g/mol. The smallest absolute Gasteiger partial charge is 0.0532 e. The van der Waals surface area contributed by atoms with E-state index in [0.717, 1.165) is 5.37 Å². The van der Waals surface area contributed by atoms with Crippen LogP contribution in [-0.4, -0.2) is 17.7 Å². The quantitative estimate of drug-likeness (QED) is 0.650. The van der Waals surface area contributed by atoms with Crippen LogP contribution in [-0.2, 0) is 0 Å². The van der Waals surface area contributed by atoms with Crippen LogP contribution in [0.25, 0.3) is 0 Å². The molecule has 1 fully saturated rings. The summed E-state index contributed by atoms with van der Waals surface area (Å²) in [4.78, 5) is 0. The fourth-order valence-corrected chi connectivity index (χ4v) is 2.14. The molecule has 0 bridgehead atoms. The van der Waals surface area contributed by atoms with E-state index in [9.17, 15) is 0 Å². The Bertz CT molecular complexity index is 69.3. The third kappa shape index (κ3) is 2.59. The highest BCUT2D eigenvalue weighted by atomic mass is 32.2. The van der Waals surface area contributed by atoms with Crippen molar-refractivity contribution in [2.75, 3.05) is 12.3 Å². The van der Waals surface area contributed by atoms with Gasteiger partial charge in [0.2, 0.25) is 0 Å². The molecule has 0 aromatic carbocycles. The SMILES string of the molecule is CCCSC1CCCN1. The second-order valence-electron chi connectivity index (χ2n) is 2.46. The second-order valence-corrected chi connectivity index (χ2v) is 3.77. The normalized spacial score (nSPS) is 27.0. The van der Waals surface area contributed by atoms with E-state index in [1.165, 1.54) is 31.6 Å². The van der Waals surface area contributed by atoms with E-state index in [1.54, 1.807) is 0 Å². The molecule has 1 rings (SSSR count). The third-order valence-corrected chi connectivity index (χ3v) is 2.99. The highest BCUT2D eigenvalue weighted by Gasteiger charge is 2.12. The highest BCUT2D eigenvalue weighted by Crippen LogP contribution is 2.18. The van der Waals surface area contributed by atoms with Gasteiger partial charge in [0, 0.05) is 0 Å². The minimum Gasteiger partial charge on any atom is -0.305 e. The lowest BCUT2D eigenvalue weighted by atomic mass is 10.4. The first kappa shape index (κ1) is 7.42. The Labute approximate surface area is 61.6 Å². The fraction of sp³-hybridized carbons (Fsp3) is 1.00. The molecule has 1 unspecified atom stereocenters. The molecule has 1 saturated heterocycles. The molecule has 0 amide bonds. The van der Waals surface area contributed by atoms with Crippen molar-refractivity contribution in [1.29, 1.82) is 0 Å². The Balaban J connectivity index is 1.98. The first-order valence-corrected chi connectivity index (χ1v) is 4.83. The molecule has 0 aromatic rings. The largest absolute Gasteiger partial charge is 0.305 e. The molecule has 0 radical (unpaired) electrons. The molecule has 2 heteroatoms. The molecule has 0 aliphatic carbocycles. The van der Waals surface area contributed by atoms with Crippen LogP contribution in [0.3, 0.4) is 0 Å². The van der Waals surface area contributed by atoms with Gasteiger partial charge < -0.3 is 5.32 Å². The topological polar surface area (TPSA) is 12.0 Å². The Kier molecular flexibility index (Phi) is 3.44. The van der Waals surface area contributed by atoms with E-state index in [0.29, 0.717) is 0 Å². The summed E-state index contributed by atoms with van der Waals surface area (Å²) < 4.78 is 0. The average Bonchev–Trinajstić information content (AvgIpc) is 2.34. The number of rotatable bonds is 3. The lowest BCUT2D eigenvalue weighted by Gasteiger charge is -2.06. The summed E-state index contributed by atoms with van der Waals surface area (Å²) in [6.45, 7) is 3.48. The summed E-state index contributed by atoms with van der Waals surface area (Å²) in [5, 5.41) is 4.24. The number of hydrogen-bond donors (Lipinski definition) is 1. The van der Waals surface area contributed by atoms with Crippen LogP contribution in [0.15, 0.2) is 0 Å². The second kappa shape index (κ2) is 4.18. The van der Waals surface area contributed by atoms with Gasteiger partial charge in [-0.05, 0) is 31.6 Å². The van der Waals surface area contributed by atoms with Crippen LogP contribution in [0.4, 0.5) is 0 Å². The minimum atomic E-state index is 0.782. The molecular formula is C7H15NS. The van der Waals surface area contributed by atoms with Crippen molar-refractivity contribution < 1.29 is 0 Å². The highest BCUT2D eigenvalue weighted by molar-refractivity contribution is 7.99. The van der Waals surface area contributed by atoms with E-state index in [4.69, 9.17) is 0 Å². The van der Waals surface area contributed by atoms with Crippen LogP contribution in [0.5, 0.6) is 0 Å². The summed E-state index contributed by atoms with van der Waals surface area (Å²) in [7, 11) is 0. The Morgan fingerprint density at radius 1 is 1.67 bits per heavy atom. The van der Waals surface area contributed by atoms with Crippen molar-refractivity contribution in [3.63, 3.8) is 0 Å². The monoisotopic (exact) mass is 145 g/mol. The van der Waals surface area contributed by atoms with Gasteiger partial charge in [0.15, 0.2) is 0 Å². The van der Waals surface area contributed by atoms with E-state index in [2.05, 4.69) is 24.0 Å². The summed E-state index contributed by atoms with van der Waals surface area (Å²) >= 11 is 2.07. The summed E-state index contributed by atoms with van der Waals surface area (Å²) in [6.07, 6.45) is 4.06. The number of hydrogen-bond acceptors (Lipinski definition) is 2. The van der Waals surface area contributed by atoms with Gasteiger partial charge in [-0.15, -0.1) is 11.8 Å². The van der Waals surface area contributed by atoms with Gasteiger partial charge in [0.1, 0.15) is 0 Å². The van der Waals surface area contributed by atoms with Crippen molar-refractivity contribution in [1.82, 2.24) is 5.32 Å². The van der Waals surface area contributed by atoms with E-state index in [-0.39, 0.29) is 0 Å². The third-order valence-electron chi connectivity index (χ3n) is 1.54. The summed E-state index contributed by atoms with van der Waals surface area (Å²) in [6, 6.07) is 0. The molecule has 0 aromatic heterocycles. The molecule has 1 heterocycles. The van der Waals surface area contributed by atoms with Crippen LogP contribution >= 0.6 is 11.8 Å². The molecule has 1 nitrogen and oxygen atoms in total. The maximum Gasteiger partial charge on any atom is 0.0532 e. The zero-order valence-corrected chi connectivity index (χ0v) is 6.84. The predicted molar refractivity (Wildman–Crippen MR) is 43.8 cm³/mol. The molecule has 1 atom stereocenters. The standard InChI is InChI=1S/C7H15NS/c1-2-6-9-7-4-3-5-8-7/h7-8H,2-6H2,1H3. The fourth-order valence-electron chi connectivity index (χ4n) is 1.05. The van der Waals surface area contributed by atoms with Crippen molar-refractivity contribution in [3.05, 3.63) is 0 Å². The molecule has 1 N–H and O–H groups in total. The first-order chi connectivity index (χ1) is 4.43. The van der Waals surface area contributed by atoms with Crippen LogP contribution in [0, 0.1) is 0 Å². The maximum absolute atomic E-state index is 3.45. The zero-order chi connectivity index (χ0) is 6.53. The van der Waals surface area contributed by atoms with Gasteiger partial charge >= 0.3 is 0 Å². The molecule has 54 valence electrons. The summed E-state index contributed by atoms with van der Waals surface area (Å²) in [5.41, 5.74) is 0. The van der Waals surface area contributed by atoms with Crippen LogP contribution < -0.4 is 5.32 Å². The van der Waals surface area contributed by atoms with Crippen LogP contribution in [0.2, 0.25) is 0 Å².